The van der Waals surface area contributed by atoms with E-state index in [4.69, 9.17) is 4.74 Å². The van der Waals surface area contributed by atoms with Gasteiger partial charge in [0.2, 0.25) is 5.88 Å². The van der Waals surface area contributed by atoms with Crippen LogP contribution >= 0.6 is 24.2 Å². The second-order valence-corrected chi connectivity index (χ2v) is 7.12. The first kappa shape index (κ1) is 17.8. The van der Waals surface area contributed by atoms with Crippen molar-refractivity contribution in [3.63, 3.8) is 0 Å². The maximum absolute atomic E-state index is 6.18. The van der Waals surface area contributed by atoms with Gasteiger partial charge in [0.15, 0.2) is 5.03 Å². The Balaban J connectivity index is 0.00000176. The molecule has 2 fully saturated rings. The highest BCUT2D eigenvalue weighted by atomic mass is 35.5. The number of nitrogens with zero attached hydrogens (tertiary/aromatic N) is 3. The van der Waals surface area contributed by atoms with Gasteiger partial charge in [0.05, 0.1) is 0 Å². The number of thioether (sulfide) groups is 1. The molecular formula is C16H26ClN3OS. The molecule has 0 aromatic carbocycles. The lowest BCUT2D eigenvalue weighted by Gasteiger charge is -2.23. The lowest BCUT2D eigenvalue weighted by Crippen LogP contribution is -2.32. The molecule has 1 aromatic heterocycles. The zero-order valence-electron chi connectivity index (χ0n) is 13.2. The largest absolute Gasteiger partial charge is 0.471 e. The van der Waals surface area contributed by atoms with Gasteiger partial charge < -0.3 is 4.74 Å². The van der Waals surface area contributed by atoms with Crippen molar-refractivity contribution in [1.82, 2.24) is 14.9 Å². The monoisotopic (exact) mass is 343 g/mol. The van der Waals surface area contributed by atoms with Gasteiger partial charge in [-0.3, -0.25) is 4.90 Å². The maximum Gasteiger partial charge on any atom is 0.247 e. The van der Waals surface area contributed by atoms with Gasteiger partial charge in [0.25, 0.3) is 0 Å². The smallest absolute Gasteiger partial charge is 0.247 e. The number of ether oxygens (including phenoxy) is 1. The fraction of sp³-hybridized carbons (Fsp3) is 0.750. The summed E-state index contributed by atoms with van der Waals surface area (Å²) in [7, 11) is 0. The molecule has 0 N–H and O–H groups in total. The van der Waals surface area contributed by atoms with Crippen molar-refractivity contribution in [3.8, 4) is 5.88 Å². The molecule has 6 heteroatoms. The minimum Gasteiger partial charge on any atom is -0.471 e. The summed E-state index contributed by atoms with van der Waals surface area (Å²) in [4.78, 5) is 11.4. The summed E-state index contributed by atoms with van der Waals surface area (Å²) in [6.07, 6.45) is 10.2. The molecule has 0 spiro atoms. The maximum atomic E-state index is 6.18. The number of unbranched alkanes of at least 4 members (excludes halogenated alkanes) is 3. The first-order valence-electron chi connectivity index (χ1n) is 8.19. The molecule has 2 aliphatic heterocycles. The summed E-state index contributed by atoms with van der Waals surface area (Å²) >= 11 is 1.79. The lowest BCUT2D eigenvalue weighted by atomic mass is 10.0. The molecule has 1 aromatic rings. The highest BCUT2D eigenvalue weighted by molar-refractivity contribution is 7.99. The van der Waals surface area contributed by atoms with E-state index in [1.807, 2.05) is 0 Å². The van der Waals surface area contributed by atoms with E-state index in [9.17, 15) is 0 Å². The van der Waals surface area contributed by atoms with E-state index in [1.54, 1.807) is 24.2 Å². The van der Waals surface area contributed by atoms with E-state index < -0.39 is 0 Å². The van der Waals surface area contributed by atoms with Gasteiger partial charge in [0.1, 0.15) is 6.10 Å². The predicted octanol–water partition coefficient (Wildman–Crippen LogP) is 3.65. The SMILES string of the molecule is CCCCCCSc1nccnc1O[C@H]1CN2CC[C@H]1C2.Cl. The van der Waals surface area contributed by atoms with Crippen LogP contribution in [0.1, 0.15) is 39.0 Å². The van der Waals surface area contributed by atoms with Crippen LogP contribution in [0.5, 0.6) is 5.88 Å². The van der Waals surface area contributed by atoms with Gasteiger partial charge in [0, 0.05) is 31.4 Å². The normalized spacial score (nSPS) is 26.0. The average Bonchev–Trinajstić information content (AvgIpc) is 3.11. The third-order valence-corrected chi connectivity index (χ3v) is 5.45. The molecule has 22 heavy (non-hydrogen) atoms. The Morgan fingerprint density at radius 2 is 2.09 bits per heavy atom. The number of hydrogen-bond donors (Lipinski definition) is 0. The first-order valence-corrected chi connectivity index (χ1v) is 9.18. The summed E-state index contributed by atoms with van der Waals surface area (Å²) in [5.74, 6) is 2.54. The Morgan fingerprint density at radius 3 is 2.82 bits per heavy atom. The number of halogens is 1. The molecule has 0 radical (unpaired) electrons. The molecule has 0 aliphatic carbocycles. The third-order valence-electron chi connectivity index (χ3n) is 4.41. The van der Waals surface area contributed by atoms with Crippen molar-refractivity contribution in [2.75, 3.05) is 25.4 Å². The van der Waals surface area contributed by atoms with Crippen LogP contribution in [0.2, 0.25) is 0 Å². The first-order chi connectivity index (χ1) is 10.4. The standard InChI is InChI=1S/C16H25N3OS.ClH/c1-2-3-4-5-10-21-16-15(17-7-8-18-16)20-14-12-19-9-6-13(14)11-19;/h7-8,13-14H,2-6,9-12H2,1H3;1H/t13-,14-;/m0./s1. The van der Waals surface area contributed by atoms with Crippen molar-refractivity contribution >= 4 is 24.2 Å². The molecule has 3 atom stereocenters. The van der Waals surface area contributed by atoms with Crippen molar-refractivity contribution in [2.24, 2.45) is 5.92 Å². The zero-order chi connectivity index (χ0) is 14.5. The van der Waals surface area contributed by atoms with E-state index in [0.29, 0.717) is 12.0 Å². The molecule has 3 heterocycles. The quantitative estimate of drug-likeness (QED) is 0.532. The van der Waals surface area contributed by atoms with Crippen LogP contribution in [0.4, 0.5) is 0 Å². The average molecular weight is 344 g/mol. The van der Waals surface area contributed by atoms with E-state index in [0.717, 1.165) is 23.2 Å². The number of hydrogen-bond acceptors (Lipinski definition) is 5. The van der Waals surface area contributed by atoms with E-state index in [1.165, 1.54) is 45.2 Å². The molecule has 2 saturated heterocycles. The Labute approximate surface area is 143 Å². The van der Waals surface area contributed by atoms with Crippen molar-refractivity contribution < 1.29 is 4.74 Å². The summed E-state index contributed by atoms with van der Waals surface area (Å²) in [5.41, 5.74) is 0. The molecule has 1 unspecified atom stereocenters. The molecule has 0 amide bonds. The van der Waals surface area contributed by atoms with Crippen LogP contribution in [-0.2, 0) is 0 Å². The van der Waals surface area contributed by atoms with E-state index in [2.05, 4.69) is 21.8 Å². The summed E-state index contributed by atoms with van der Waals surface area (Å²) in [6, 6.07) is 0. The van der Waals surface area contributed by atoms with Crippen LogP contribution < -0.4 is 4.74 Å². The highest BCUT2D eigenvalue weighted by Gasteiger charge is 2.39. The van der Waals surface area contributed by atoms with Gasteiger partial charge in [-0.05, 0) is 25.1 Å². The molecule has 3 rings (SSSR count). The van der Waals surface area contributed by atoms with Crippen LogP contribution in [0, 0.1) is 5.92 Å². The van der Waals surface area contributed by atoms with Crippen LogP contribution in [-0.4, -0.2) is 46.4 Å². The van der Waals surface area contributed by atoms with Gasteiger partial charge in [-0.2, -0.15) is 0 Å². The van der Waals surface area contributed by atoms with E-state index >= 15 is 0 Å². The van der Waals surface area contributed by atoms with Crippen molar-refractivity contribution in [3.05, 3.63) is 12.4 Å². The topological polar surface area (TPSA) is 38.3 Å². The number of rotatable bonds is 8. The van der Waals surface area contributed by atoms with Gasteiger partial charge in [-0.15, -0.1) is 24.2 Å². The Bertz CT molecular complexity index is 463. The third kappa shape index (κ3) is 4.49. The number of fused-ring (bicyclic) bond motifs is 2. The fourth-order valence-corrected chi connectivity index (χ4v) is 4.10. The minimum absolute atomic E-state index is 0. The Kier molecular flexibility index (Phi) is 7.25. The van der Waals surface area contributed by atoms with Gasteiger partial charge >= 0.3 is 0 Å². The van der Waals surface area contributed by atoms with Crippen molar-refractivity contribution in [2.45, 2.75) is 50.2 Å². The molecule has 2 bridgehead atoms. The van der Waals surface area contributed by atoms with Crippen LogP contribution in [0.15, 0.2) is 17.4 Å². The molecule has 2 aliphatic rings. The van der Waals surface area contributed by atoms with Gasteiger partial charge in [-0.1, -0.05) is 26.2 Å². The molecule has 4 nitrogen and oxygen atoms in total. The van der Waals surface area contributed by atoms with E-state index in [-0.39, 0.29) is 12.4 Å². The fourth-order valence-electron chi connectivity index (χ4n) is 3.20. The summed E-state index contributed by atoms with van der Waals surface area (Å²) in [6.45, 7) is 5.74. The van der Waals surface area contributed by atoms with Crippen LogP contribution in [0.3, 0.4) is 0 Å². The number of piperidine rings is 1. The van der Waals surface area contributed by atoms with Crippen LogP contribution in [0.25, 0.3) is 0 Å². The van der Waals surface area contributed by atoms with Crippen molar-refractivity contribution in [1.29, 1.82) is 0 Å². The van der Waals surface area contributed by atoms with Gasteiger partial charge in [-0.25, -0.2) is 9.97 Å². The zero-order valence-corrected chi connectivity index (χ0v) is 14.9. The minimum atomic E-state index is 0. The second-order valence-electron chi connectivity index (χ2n) is 6.04. The Morgan fingerprint density at radius 1 is 1.23 bits per heavy atom. The Hall–Kier alpha value is -0.520. The molecule has 0 saturated carbocycles. The second kappa shape index (κ2) is 8.94. The summed E-state index contributed by atoms with van der Waals surface area (Å²) < 4.78 is 6.18. The number of aromatic nitrogens is 2. The lowest BCUT2D eigenvalue weighted by molar-refractivity contribution is 0.131. The highest BCUT2D eigenvalue weighted by Crippen LogP contribution is 2.33. The summed E-state index contributed by atoms with van der Waals surface area (Å²) in [5, 5.41) is 0.965. The molecule has 124 valence electrons. The molecular weight excluding hydrogens is 318 g/mol. The predicted molar refractivity (Wildman–Crippen MR) is 93.1 cm³/mol.